The van der Waals surface area contributed by atoms with Crippen molar-refractivity contribution in [2.45, 2.75) is 47.8 Å². The first-order valence-electron chi connectivity index (χ1n) is 9.69. The van der Waals surface area contributed by atoms with Gasteiger partial charge in [-0.2, -0.15) is 0 Å². The first-order valence-corrected chi connectivity index (χ1v) is 17.1. The second-order valence-electron chi connectivity index (χ2n) is 8.00. The van der Waals surface area contributed by atoms with Crippen molar-refractivity contribution < 1.29 is 20.3 Å². The monoisotopic (exact) mass is 406 g/mol. The normalized spacial score (nSPS) is 21.6. The van der Waals surface area contributed by atoms with E-state index in [2.05, 4.69) is 83.8 Å². The van der Waals surface area contributed by atoms with Crippen molar-refractivity contribution in [3.05, 3.63) is 77.3 Å². The molecule has 0 saturated carbocycles. The summed E-state index contributed by atoms with van der Waals surface area (Å²) in [4.78, 5) is 0. The van der Waals surface area contributed by atoms with Crippen LogP contribution in [0, 0.1) is 0 Å². The fourth-order valence-electron chi connectivity index (χ4n) is 5.07. The van der Waals surface area contributed by atoms with E-state index in [1.807, 2.05) is 0 Å². The van der Waals surface area contributed by atoms with Crippen LogP contribution in [0.15, 0.2) is 55.1 Å². The van der Waals surface area contributed by atoms with Gasteiger partial charge in [0.05, 0.1) is 0 Å². The molecule has 0 fully saturated rings. The van der Waals surface area contributed by atoms with Crippen LogP contribution in [-0.4, -0.2) is 0 Å². The van der Waals surface area contributed by atoms with E-state index in [9.17, 15) is 0 Å². The van der Waals surface area contributed by atoms with Crippen molar-refractivity contribution in [1.82, 2.24) is 0 Å². The molecule has 2 aromatic carbocycles. The Morgan fingerprint density at radius 3 is 1.48 bits per heavy atom. The Labute approximate surface area is 157 Å². The molecule has 0 heterocycles. The van der Waals surface area contributed by atoms with Gasteiger partial charge in [-0.3, -0.25) is 0 Å². The second kappa shape index (κ2) is 6.51. The summed E-state index contributed by atoms with van der Waals surface area (Å²) in [5.74, 6) is 1.29. The topological polar surface area (TPSA) is 0 Å². The molecular weight excluding hydrogens is 379 g/mol. The SMILES string of the molecule is CCC1[C]([Zr]([CH3])([CH3])[C]2=Cc3ccccc3C2CC)=Cc2ccccc21. The van der Waals surface area contributed by atoms with Crippen LogP contribution in [0.1, 0.15) is 60.8 Å². The fourth-order valence-corrected chi connectivity index (χ4v) is 14.5. The molecule has 0 aromatic heterocycles. The Balaban J connectivity index is 1.79. The molecular formula is C24H28Zr. The van der Waals surface area contributed by atoms with Crippen LogP contribution in [0.25, 0.3) is 12.2 Å². The van der Waals surface area contributed by atoms with Crippen molar-refractivity contribution in [3.8, 4) is 0 Å². The summed E-state index contributed by atoms with van der Waals surface area (Å²) in [6.07, 6.45) is 7.58. The molecule has 128 valence electrons. The van der Waals surface area contributed by atoms with Gasteiger partial charge in [0.15, 0.2) is 0 Å². The van der Waals surface area contributed by atoms with E-state index < -0.39 is 20.3 Å². The Morgan fingerprint density at radius 2 is 1.08 bits per heavy atom. The third-order valence-electron chi connectivity index (χ3n) is 6.38. The van der Waals surface area contributed by atoms with Gasteiger partial charge in [0.25, 0.3) is 0 Å². The van der Waals surface area contributed by atoms with E-state index in [1.165, 1.54) is 24.0 Å². The van der Waals surface area contributed by atoms with Gasteiger partial charge < -0.3 is 0 Å². The zero-order valence-corrected chi connectivity index (χ0v) is 18.3. The molecule has 0 saturated heterocycles. The van der Waals surface area contributed by atoms with Gasteiger partial charge in [0.2, 0.25) is 0 Å². The van der Waals surface area contributed by atoms with Crippen molar-refractivity contribution in [2.75, 3.05) is 0 Å². The van der Waals surface area contributed by atoms with Gasteiger partial charge in [-0.15, -0.1) is 0 Å². The summed E-state index contributed by atoms with van der Waals surface area (Å²) in [5.41, 5.74) is 6.07. The summed E-state index contributed by atoms with van der Waals surface area (Å²) in [6.45, 7) is 4.72. The molecule has 0 bridgehead atoms. The first-order chi connectivity index (χ1) is 12.1. The van der Waals surface area contributed by atoms with Crippen LogP contribution >= 0.6 is 0 Å². The van der Waals surface area contributed by atoms with Gasteiger partial charge >= 0.3 is 158 Å². The number of hydrogen-bond acceptors (Lipinski definition) is 0. The molecule has 25 heavy (non-hydrogen) atoms. The van der Waals surface area contributed by atoms with Crippen molar-refractivity contribution in [1.29, 1.82) is 0 Å². The molecule has 0 radical (unpaired) electrons. The average Bonchev–Trinajstić information content (AvgIpc) is 3.20. The number of fused-ring (bicyclic) bond motifs is 2. The van der Waals surface area contributed by atoms with E-state index in [1.54, 1.807) is 17.7 Å². The van der Waals surface area contributed by atoms with Crippen LogP contribution in [0.5, 0.6) is 0 Å². The van der Waals surface area contributed by atoms with Crippen molar-refractivity contribution in [3.63, 3.8) is 0 Å². The molecule has 2 aliphatic carbocycles. The van der Waals surface area contributed by atoms with Crippen molar-refractivity contribution >= 4 is 12.2 Å². The number of benzene rings is 2. The van der Waals surface area contributed by atoms with E-state index in [4.69, 9.17) is 0 Å². The van der Waals surface area contributed by atoms with Crippen LogP contribution < -0.4 is 0 Å². The molecule has 2 atom stereocenters. The molecule has 4 rings (SSSR count). The fraction of sp³-hybridized carbons (Fsp3) is 0.333. The number of allylic oxidation sites excluding steroid dienone is 2. The van der Waals surface area contributed by atoms with Crippen LogP contribution in [0.4, 0.5) is 0 Å². The second-order valence-corrected chi connectivity index (χ2v) is 18.8. The predicted octanol–water partition coefficient (Wildman–Crippen LogP) is 7.33. The molecule has 2 aliphatic rings. The Hall–Kier alpha value is -1.20. The predicted molar refractivity (Wildman–Crippen MR) is 107 cm³/mol. The molecule has 2 unspecified atom stereocenters. The Kier molecular flexibility index (Phi) is 4.49. The first kappa shape index (κ1) is 17.2. The standard InChI is InChI=1S/2C11H11.2CH3.Zr/c2*1-2-9-7-8-10-5-3-4-6-11(9)10;;;/h2*3-6,8-9H,2H2,1H3;2*1H3;. The quantitative estimate of drug-likeness (QED) is 0.497. The maximum atomic E-state index is 2.65. The molecule has 0 spiro atoms. The molecule has 0 amide bonds. The van der Waals surface area contributed by atoms with Crippen LogP contribution in [0.2, 0.25) is 9.26 Å². The van der Waals surface area contributed by atoms with Crippen molar-refractivity contribution in [2.24, 2.45) is 0 Å². The summed E-state index contributed by atoms with van der Waals surface area (Å²) in [7, 11) is 0. The minimum atomic E-state index is -2.58. The zero-order chi connectivity index (χ0) is 17.6. The summed E-state index contributed by atoms with van der Waals surface area (Å²) < 4.78 is 8.90. The van der Waals surface area contributed by atoms with Gasteiger partial charge in [-0.1, -0.05) is 0 Å². The van der Waals surface area contributed by atoms with E-state index in [-0.39, 0.29) is 0 Å². The summed E-state index contributed by atoms with van der Waals surface area (Å²) in [5, 5.41) is 0. The zero-order valence-electron chi connectivity index (χ0n) is 15.8. The third kappa shape index (κ3) is 2.67. The number of hydrogen-bond donors (Lipinski definition) is 0. The number of rotatable bonds is 4. The Bertz CT molecular complexity index is 798. The average molecular weight is 408 g/mol. The maximum absolute atomic E-state index is 2.65. The van der Waals surface area contributed by atoms with Gasteiger partial charge in [0, 0.05) is 0 Å². The molecule has 1 heteroatoms. The van der Waals surface area contributed by atoms with Crippen LogP contribution in [0.3, 0.4) is 0 Å². The van der Waals surface area contributed by atoms with Gasteiger partial charge in [-0.05, 0) is 0 Å². The van der Waals surface area contributed by atoms with E-state index in [0.29, 0.717) is 11.8 Å². The van der Waals surface area contributed by atoms with Gasteiger partial charge in [-0.25, -0.2) is 0 Å². The molecule has 0 nitrogen and oxygen atoms in total. The molecule has 2 aromatic rings. The molecule has 0 aliphatic heterocycles. The summed E-state index contributed by atoms with van der Waals surface area (Å²) >= 11 is -2.58. The minimum absolute atomic E-state index is 0.643. The van der Waals surface area contributed by atoms with E-state index in [0.717, 1.165) is 0 Å². The Morgan fingerprint density at radius 1 is 0.680 bits per heavy atom. The van der Waals surface area contributed by atoms with Gasteiger partial charge in [0.1, 0.15) is 0 Å². The van der Waals surface area contributed by atoms with Crippen LogP contribution in [-0.2, 0) is 20.3 Å². The summed E-state index contributed by atoms with van der Waals surface area (Å²) in [6, 6.07) is 18.1. The molecule has 0 N–H and O–H groups in total. The third-order valence-corrected chi connectivity index (χ3v) is 15.9. The van der Waals surface area contributed by atoms with E-state index >= 15 is 0 Å².